The van der Waals surface area contributed by atoms with Gasteiger partial charge in [-0.25, -0.2) is 0 Å². The van der Waals surface area contributed by atoms with Crippen LogP contribution in [0.15, 0.2) is 29.2 Å². The number of amides is 2. The van der Waals surface area contributed by atoms with Gasteiger partial charge in [-0.15, -0.1) is 11.8 Å². The number of hydrogen-bond acceptors (Lipinski definition) is 4. The zero-order valence-electron chi connectivity index (χ0n) is 11.3. The minimum atomic E-state index is -0.649. The lowest BCUT2D eigenvalue weighted by atomic mass is 10.2. The fourth-order valence-electron chi connectivity index (χ4n) is 2.02. The molecule has 0 bridgehead atoms. The number of benzene rings is 1. The van der Waals surface area contributed by atoms with Crippen molar-refractivity contribution < 1.29 is 14.3 Å². The van der Waals surface area contributed by atoms with Gasteiger partial charge in [0.15, 0.2) is 0 Å². The van der Waals surface area contributed by atoms with E-state index in [0.29, 0.717) is 12.2 Å². The molecule has 20 heavy (non-hydrogen) atoms. The third-order valence-electron chi connectivity index (χ3n) is 3.08. The normalized spacial score (nSPS) is 17.8. The van der Waals surface area contributed by atoms with Gasteiger partial charge in [0.25, 0.3) is 0 Å². The summed E-state index contributed by atoms with van der Waals surface area (Å²) >= 11 is 1.52. The SMILES string of the molecule is CSc1ccccc1NC(=O)C(=O)NCC1CCCO1. The molecule has 2 N–H and O–H groups in total. The Labute approximate surface area is 122 Å². The van der Waals surface area contributed by atoms with Crippen LogP contribution in [0.3, 0.4) is 0 Å². The Morgan fingerprint density at radius 2 is 2.15 bits per heavy atom. The largest absolute Gasteiger partial charge is 0.376 e. The van der Waals surface area contributed by atoms with Crippen molar-refractivity contribution in [2.24, 2.45) is 0 Å². The smallest absolute Gasteiger partial charge is 0.313 e. The molecule has 1 aliphatic rings. The summed E-state index contributed by atoms with van der Waals surface area (Å²) in [5, 5.41) is 5.22. The van der Waals surface area contributed by atoms with Crippen molar-refractivity contribution >= 4 is 29.3 Å². The van der Waals surface area contributed by atoms with Crippen molar-refractivity contribution in [2.75, 3.05) is 24.7 Å². The van der Waals surface area contributed by atoms with E-state index in [9.17, 15) is 9.59 Å². The molecule has 1 fully saturated rings. The van der Waals surface area contributed by atoms with E-state index < -0.39 is 11.8 Å². The molecule has 0 aliphatic carbocycles. The van der Waals surface area contributed by atoms with Crippen LogP contribution in [0, 0.1) is 0 Å². The number of nitrogens with one attached hydrogen (secondary N) is 2. The minimum absolute atomic E-state index is 0.0326. The van der Waals surface area contributed by atoms with Gasteiger partial charge in [0.1, 0.15) is 0 Å². The molecule has 1 aromatic carbocycles. The van der Waals surface area contributed by atoms with Crippen molar-refractivity contribution in [1.82, 2.24) is 5.32 Å². The topological polar surface area (TPSA) is 67.4 Å². The average molecular weight is 294 g/mol. The van der Waals surface area contributed by atoms with Gasteiger partial charge in [-0.3, -0.25) is 9.59 Å². The standard InChI is InChI=1S/C14H18N2O3S/c1-20-12-7-3-2-6-11(12)16-14(18)13(17)15-9-10-5-4-8-19-10/h2-3,6-7,10H,4-5,8-9H2,1H3,(H,15,17)(H,16,18). The van der Waals surface area contributed by atoms with Crippen LogP contribution in [0.2, 0.25) is 0 Å². The Morgan fingerprint density at radius 3 is 2.85 bits per heavy atom. The van der Waals surface area contributed by atoms with Crippen molar-refractivity contribution in [3.05, 3.63) is 24.3 Å². The Hall–Kier alpha value is -1.53. The lowest BCUT2D eigenvalue weighted by Gasteiger charge is -2.11. The third-order valence-corrected chi connectivity index (χ3v) is 3.87. The van der Waals surface area contributed by atoms with Gasteiger partial charge >= 0.3 is 11.8 Å². The maximum atomic E-state index is 11.8. The van der Waals surface area contributed by atoms with E-state index in [1.807, 2.05) is 24.5 Å². The fraction of sp³-hybridized carbons (Fsp3) is 0.429. The number of carbonyl (C=O) groups excluding carboxylic acids is 2. The quantitative estimate of drug-likeness (QED) is 0.654. The summed E-state index contributed by atoms with van der Waals surface area (Å²) in [6.07, 6.45) is 3.89. The summed E-state index contributed by atoms with van der Waals surface area (Å²) in [6, 6.07) is 7.38. The summed E-state index contributed by atoms with van der Waals surface area (Å²) < 4.78 is 5.39. The summed E-state index contributed by atoms with van der Waals surface area (Å²) in [6.45, 7) is 1.12. The fourth-order valence-corrected chi connectivity index (χ4v) is 2.57. The molecule has 1 aromatic rings. The number of carbonyl (C=O) groups is 2. The van der Waals surface area contributed by atoms with Crippen molar-refractivity contribution in [3.63, 3.8) is 0 Å². The van der Waals surface area contributed by atoms with Crippen LogP contribution in [-0.4, -0.2) is 37.3 Å². The number of hydrogen-bond donors (Lipinski definition) is 2. The number of para-hydroxylation sites is 1. The highest BCUT2D eigenvalue weighted by Gasteiger charge is 2.19. The molecule has 1 aliphatic heterocycles. The molecule has 108 valence electrons. The highest BCUT2D eigenvalue weighted by Crippen LogP contribution is 2.24. The van der Waals surface area contributed by atoms with Crippen LogP contribution in [0.1, 0.15) is 12.8 Å². The van der Waals surface area contributed by atoms with E-state index in [2.05, 4.69) is 10.6 Å². The summed E-state index contributed by atoms with van der Waals surface area (Å²) in [5.41, 5.74) is 0.650. The lowest BCUT2D eigenvalue weighted by Crippen LogP contribution is -2.39. The zero-order chi connectivity index (χ0) is 14.4. The first-order valence-corrected chi connectivity index (χ1v) is 7.77. The first-order valence-electron chi connectivity index (χ1n) is 6.54. The molecule has 1 heterocycles. The van der Waals surface area contributed by atoms with Gasteiger partial charge in [0.2, 0.25) is 0 Å². The molecule has 0 saturated carbocycles. The second kappa shape index (κ2) is 7.31. The molecule has 2 rings (SSSR count). The number of rotatable bonds is 4. The first-order chi connectivity index (χ1) is 9.70. The summed E-state index contributed by atoms with van der Waals surface area (Å²) in [7, 11) is 0. The summed E-state index contributed by atoms with van der Waals surface area (Å²) in [4.78, 5) is 24.5. The van der Waals surface area contributed by atoms with E-state index in [0.717, 1.165) is 24.3 Å². The van der Waals surface area contributed by atoms with E-state index in [4.69, 9.17) is 4.74 Å². The van der Waals surface area contributed by atoms with E-state index in [-0.39, 0.29) is 6.10 Å². The van der Waals surface area contributed by atoms with Gasteiger partial charge in [0, 0.05) is 18.0 Å². The molecule has 1 atom stereocenters. The highest BCUT2D eigenvalue weighted by atomic mass is 32.2. The number of anilines is 1. The lowest BCUT2D eigenvalue weighted by molar-refractivity contribution is -0.136. The average Bonchev–Trinajstić information content (AvgIpc) is 2.98. The number of thioether (sulfide) groups is 1. The van der Waals surface area contributed by atoms with E-state index in [1.165, 1.54) is 11.8 Å². The molecule has 1 unspecified atom stereocenters. The molecule has 0 radical (unpaired) electrons. The monoisotopic (exact) mass is 294 g/mol. The zero-order valence-corrected chi connectivity index (χ0v) is 12.2. The highest BCUT2D eigenvalue weighted by molar-refractivity contribution is 7.98. The van der Waals surface area contributed by atoms with Crippen molar-refractivity contribution in [3.8, 4) is 0 Å². The molecular weight excluding hydrogens is 276 g/mol. The van der Waals surface area contributed by atoms with Crippen LogP contribution < -0.4 is 10.6 Å². The van der Waals surface area contributed by atoms with Crippen LogP contribution in [-0.2, 0) is 14.3 Å². The molecule has 6 heteroatoms. The van der Waals surface area contributed by atoms with E-state index in [1.54, 1.807) is 6.07 Å². The van der Waals surface area contributed by atoms with Gasteiger partial charge < -0.3 is 15.4 Å². The van der Waals surface area contributed by atoms with Gasteiger partial charge in [-0.05, 0) is 31.2 Å². The van der Waals surface area contributed by atoms with Crippen molar-refractivity contribution in [2.45, 2.75) is 23.8 Å². The van der Waals surface area contributed by atoms with Crippen LogP contribution in [0.25, 0.3) is 0 Å². The second-order valence-electron chi connectivity index (χ2n) is 4.50. The predicted molar refractivity (Wildman–Crippen MR) is 78.8 cm³/mol. The second-order valence-corrected chi connectivity index (χ2v) is 5.35. The molecular formula is C14H18N2O3S. The van der Waals surface area contributed by atoms with Crippen molar-refractivity contribution in [1.29, 1.82) is 0 Å². The Bertz CT molecular complexity index is 487. The Balaban J connectivity index is 1.85. The maximum Gasteiger partial charge on any atom is 0.313 e. The maximum absolute atomic E-state index is 11.8. The molecule has 5 nitrogen and oxygen atoms in total. The molecule has 0 spiro atoms. The Morgan fingerprint density at radius 1 is 1.35 bits per heavy atom. The van der Waals surface area contributed by atoms with Gasteiger partial charge in [-0.2, -0.15) is 0 Å². The van der Waals surface area contributed by atoms with Crippen LogP contribution >= 0.6 is 11.8 Å². The Kier molecular flexibility index (Phi) is 5.43. The number of ether oxygens (including phenoxy) is 1. The van der Waals surface area contributed by atoms with Crippen LogP contribution in [0.4, 0.5) is 5.69 Å². The molecule has 1 saturated heterocycles. The van der Waals surface area contributed by atoms with Gasteiger partial charge in [-0.1, -0.05) is 12.1 Å². The predicted octanol–water partition coefficient (Wildman–Crippen LogP) is 1.64. The molecule has 0 aromatic heterocycles. The first kappa shape index (κ1) is 14.9. The van der Waals surface area contributed by atoms with Gasteiger partial charge in [0.05, 0.1) is 11.8 Å². The molecule has 2 amide bonds. The van der Waals surface area contributed by atoms with Crippen LogP contribution in [0.5, 0.6) is 0 Å². The minimum Gasteiger partial charge on any atom is -0.376 e. The summed E-state index contributed by atoms with van der Waals surface area (Å²) in [5.74, 6) is -1.28. The van der Waals surface area contributed by atoms with E-state index >= 15 is 0 Å². The third kappa shape index (κ3) is 3.98.